The molecule has 0 spiro atoms. The van der Waals surface area contributed by atoms with E-state index in [4.69, 9.17) is 15.2 Å². The molecule has 116 valence electrons. The molecule has 3 N–H and O–H groups in total. The number of benzene rings is 1. The third-order valence-corrected chi connectivity index (χ3v) is 6.13. The average molecular weight is 377 g/mol. The Kier molecular flexibility index (Phi) is 4.00. The van der Waals surface area contributed by atoms with E-state index in [0.717, 1.165) is 6.42 Å². The van der Waals surface area contributed by atoms with Gasteiger partial charge in [0.05, 0.1) is 19.3 Å². The van der Waals surface area contributed by atoms with E-state index in [-0.39, 0.29) is 29.0 Å². The van der Waals surface area contributed by atoms with Gasteiger partial charge in [-0.25, -0.2) is 13.1 Å². The zero-order valence-corrected chi connectivity index (χ0v) is 13.9. The van der Waals surface area contributed by atoms with Crippen LogP contribution < -0.4 is 15.2 Å². The van der Waals surface area contributed by atoms with Gasteiger partial charge in [0, 0.05) is 23.0 Å². The molecule has 2 fully saturated rings. The van der Waals surface area contributed by atoms with Gasteiger partial charge in [0.2, 0.25) is 10.0 Å². The molecule has 21 heavy (non-hydrogen) atoms. The Morgan fingerprint density at radius 3 is 2.95 bits per heavy atom. The van der Waals surface area contributed by atoms with Crippen molar-refractivity contribution >= 4 is 26.0 Å². The summed E-state index contributed by atoms with van der Waals surface area (Å²) in [5.41, 5.74) is 6.05. The second kappa shape index (κ2) is 5.51. The third kappa shape index (κ3) is 2.59. The monoisotopic (exact) mass is 376 g/mol. The summed E-state index contributed by atoms with van der Waals surface area (Å²) < 4.78 is 39.2. The topological polar surface area (TPSA) is 90.7 Å². The first-order valence-electron chi connectivity index (χ1n) is 6.67. The van der Waals surface area contributed by atoms with Crippen LogP contribution in [-0.4, -0.2) is 40.3 Å². The number of nitrogens with one attached hydrogen (secondary N) is 1. The molecule has 0 bridgehead atoms. The predicted octanol–water partition coefficient (Wildman–Crippen LogP) is 0.851. The molecule has 1 aliphatic carbocycles. The Labute approximate surface area is 132 Å². The molecule has 3 rings (SSSR count). The molecule has 8 heteroatoms. The Morgan fingerprint density at radius 2 is 2.24 bits per heavy atom. The van der Waals surface area contributed by atoms with Gasteiger partial charge in [-0.15, -0.1) is 0 Å². The molecule has 2 aliphatic rings. The SMILES string of the molecule is COc1ccc(Br)cc1S(=O)(=O)NC1C(N)C2CCOC21. The predicted molar refractivity (Wildman–Crippen MR) is 80.6 cm³/mol. The Balaban J connectivity index is 1.86. The van der Waals surface area contributed by atoms with Gasteiger partial charge in [-0.05, 0) is 24.6 Å². The first-order chi connectivity index (χ1) is 9.94. The van der Waals surface area contributed by atoms with Crippen molar-refractivity contribution in [3.63, 3.8) is 0 Å². The molecule has 1 aromatic rings. The normalized spacial score (nSPS) is 31.6. The summed E-state index contributed by atoms with van der Waals surface area (Å²) in [6, 6.07) is 4.26. The molecule has 1 aliphatic heterocycles. The summed E-state index contributed by atoms with van der Waals surface area (Å²) in [4.78, 5) is 0.0908. The van der Waals surface area contributed by atoms with Crippen molar-refractivity contribution in [3.8, 4) is 5.75 Å². The largest absolute Gasteiger partial charge is 0.495 e. The number of methoxy groups -OCH3 is 1. The van der Waals surface area contributed by atoms with E-state index < -0.39 is 10.0 Å². The highest BCUT2D eigenvalue weighted by molar-refractivity contribution is 9.10. The molecule has 4 atom stereocenters. The minimum Gasteiger partial charge on any atom is -0.495 e. The Bertz CT molecular complexity index is 652. The highest BCUT2D eigenvalue weighted by Gasteiger charge is 2.53. The van der Waals surface area contributed by atoms with Crippen molar-refractivity contribution in [2.24, 2.45) is 11.7 Å². The van der Waals surface area contributed by atoms with Crippen LogP contribution in [-0.2, 0) is 14.8 Å². The Morgan fingerprint density at radius 1 is 1.48 bits per heavy atom. The van der Waals surface area contributed by atoms with Crippen LogP contribution in [0, 0.1) is 5.92 Å². The van der Waals surface area contributed by atoms with Crippen LogP contribution >= 0.6 is 15.9 Å². The molecule has 4 unspecified atom stereocenters. The van der Waals surface area contributed by atoms with E-state index in [2.05, 4.69) is 20.7 Å². The van der Waals surface area contributed by atoms with Crippen LogP contribution in [0.3, 0.4) is 0 Å². The van der Waals surface area contributed by atoms with Crippen molar-refractivity contribution in [1.29, 1.82) is 0 Å². The summed E-state index contributed by atoms with van der Waals surface area (Å²) in [6.07, 6.45) is 0.775. The molecule has 1 saturated carbocycles. The highest BCUT2D eigenvalue weighted by Crippen LogP contribution is 2.39. The molecule has 1 aromatic carbocycles. The van der Waals surface area contributed by atoms with Gasteiger partial charge in [-0.1, -0.05) is 15.9 Å². The van der Waals surface area contributed by atoms with Gasteiger partial charge in [0.1, 0.15) is 10.6 Å². The fourth-order valence-electron chi connectivity index (χ4n) is 3.00. The van der Waals surface area contributed by atoms with E-state index >= 15 is 0 Å². The average Bonchev–Trinajstić information content (AvgIpc) is 2.90. The maximum atomic E-state index is 12.6. The number of hydrogen-bond acceptors (Lipinski definition) is 5. The lowest BCUT2D eigenvalue weighted by Gasteiger charge is -2.45. The third-order valence-electron chi connectivity index (χ3n) is 4.15. The van der Waals surface area contributed by atoms with E-state index in [9.17, 15) is 8.42 Å². The van der Waals surface area contributed by atoms with Crippen LogP contribution in [0.15, 0.2) is 27.6 Å². The van der Waals surface area contributed by atoms with E-state index in [1.807, 2.05) is 0 Å². The second-order valence-electron chi connectivity index (χ2n) is 5.31. The lowest BCUT2D eigenvalue weighted by molar-refractivity contribution is -0.00925. The van der Waals surface area contributed by atoms with Gasteiger partial charge in [-0.2, -0.15) is 0 Å². The minimum absolute atomic E-state index is 0.0908. The van der Waals surface area contributed by atoms with Crippen LogP contribution in [0.4, 0.5) is 0 Å². The number of sulfonamides is 1. The molecule has 1 saturated heterocycles. The standard InChI is InChI=1S/C13H17BrN2O4S/c1-19-9-3-2-7(14)6-10(9)21(17,18)16-12-11(15)8-4-5-20-13(8)12/h2-3,6,8,11-13,16H,4-5,15H2,1H3. The number of rotatable bonds is 4. The highest BCUT2D eigenvalue weighted by atomic mass is 79.9. The van der Waals surface area contributed by atoms with Crippen molar-refractivity contribution in [2.75, 3.05) is 13.7 Å². The zero-order valence-electron chi connectivity index (χ0n) is 11.5. The number of fused-ring (bicyclic) bond motifs is 1. The number of halogens is 1. The van der Waals surface area contributed by atoms with Gasteiger partial charge < -0.3 is 15.2 Å². The Hall–Kier alpha value is -0.670. The quantitative estimate of drug-likeness (QED) is 0.812. The van der Waals surface area contributed by atoms with Crippen molar-refractivity contribution < 1.29 is 17.9 Å². The molecule has 0 radical (unpaired) electrons. The van der Waals surface area contributed by atoms with E-state index in [1.165, 1.54) is 13.2 Å². The second-order valence-corrected chi connectivity index (χ2v) is 7.91. The summed E-state index contributed by atoms with van der Waals surface area (Å²) in [6.45, 7) is 0.640. The van der Waals surface area contributed by atoms with Crippen molar-refractivity contribution in [3.05, 3.63) is 22.7 Å². The van der Waals surface area contributed by atoms with E-state index in [0.29, 0.717) is 16.8 Å². The molecule has 0 amide bonds. The molecule has 1 heterocycles. The summed E-state index contributed by atoms with van der Waals surface area (Å²) >= 11 is 3.28. The number of ether oxygens (including phenoxy) is 2. The lowest BCUT2D eigenvalue weighted by atomic mass is 9.73. The van der Waals surface area contributed by atoms with Gasteiger partial charge in [0.25, 0.3) is 0 Å². The summed E-state index contributed by atoms with van der Waals surface area (Å²) in [7, 11) is -2.28. The lowest BCUT2D eigenvalue weighted by Crippen LogP contribution is -2.68. The van der Waals surface area contributed by atoms with Gasteiger partial charge >= 0.3 is 0 Å². The summed E-state index contributed by atoms with van der Waals surface area (Å²) in [5, 5.41) is 0. The molecule has 6 nitrogen and oxygen atoms in total. The van der Waals surface area contributed by atoms with Gasteiger partial charge in [0.15, 0.2) is 0 Å². The maximum absolute atomic E-state index is 12.6. The summed E-state index contributed by atoms with van der Waals surface area (Å²) in [5.74, 6) is 0.546. The maximum Gasteiger partial charge on any atom is 0.244 e. The first kappa shape index (κ1) is 15.2. The van der Waals surface area contributed by atoms with Gasteiger partial charge in [-0.3, -0.25) is 0 Å². The molecular formula is C13H17BrN2O4S. The zero-order chi connectivity index (χ0) is 15.2. The van der Waals surface area contributed by atoms with Crippen molar-refractivity contribution in [1.82, 2.24) is 4.72 Å². The molecular weight excluding hydrogens is 360 g/mol. The first-order valence-corrected chi connectivity index (χ1v) is 8.95. The molecule has 0 aromatic heterocycles. The number of hydrogen-bond donors (Lipinski definition) is 2. The fraction of sp³-hybridized carbons (Fsp3) is 0.538. The van der Waals surface area contributed by atoms with E-state index in [1.54, 1.807) is 12.1 Å². The van der Waals surface area contributed by atoms with Crippen LogP contribution in [0.2, 0.25) is 0 Å². The van der Waals surface area contributed by atoms with Crippen LogP contribution in [0.5, 0.6) is 5.75 Å². The fourth-order valence-corrected chi connectivity index (χ4v) is 4.99. The number of nitrogens with two attached hydrogens (primary N) is 1. The van der Waals surface area contributed by atoms with Crippen molar-refractivity contribution in [2.45, 2.75) is 29.5 Å². The van der Waals surface area contributed by atoms with Crippen LogP contribution in [0.1, 0.15) is 6.42 Å². The minimum atomic E-state index is -3.72. The van der Waals surface area contributed by atoms with Crippen LogP contribution in [0.25, 0.3) is 0 Å². The smallest absolute Gasteiger partial charge is 0.244 e.